The fraction of sp³-hybridized carbons (Fsp3) is 0.458. The molecule has 2 aromatic carbocycles. The normalized spacial score (nSPS) is 17.0. The molecule has 0 radical (unpaired) electrons. The van der Waals surface area contributed by atoms with Crippen molar-refractivity contribution in [2.45, 2.75) is 47.8 Å². The van der Waals surface area contributed by atoms with Gasteiger partial charge in [0.15, 0.2) is 15.8 Å². The van der Waals surface area contributed by atoms with Gasteiger partial charge in [-0.25, -0.2) is 25.6 Å². The van der Waals surface area contributed by atoms with Crippen LogP contribution in [0.2, 0.25) is 0 Å². The minimum absolute atomic E-state index is 0.0187. The maximum atomic E-state index is 14.8. The molecule has 0 aromatic heterocycles. The van der Waals surface area contributed by atoms with Gasteiger partial charge in [0.25, 0.3) is 5.91 Å². The van der Waals surface area contributed by atoms with Crippen molar-refractivity contribution in [3.8, 4) is 0 Å². The van der Waals surface area contributed by atoms with Gasteiger partial charge in [0, 0.05) is 32.2 Å². The molecule has 1 saturated carbocycles. The molecule has 0 bridgehead atoms. The van der Waals surface area contributed by atoms with Gasteiger partial charge in [0.05, 0.1) is 27.5 Å². The molecule has 12 heteroatoms. The number of carbonyl (C=O) groups excluding carboxylic acids is 1. The molecule has 1 aliphatic heterocycles. The summed E-state index contributed by atoms with van der Waals surface area (Å²) >= 11 is 0. The van der Waals surface area contributed by atoms with Crippen LogP contribution in [0.15, 0.2) is 46.2 Å². The van der Waals surface area contributed by atoms with Crippen molar-refractivity contribution in [1.29, 1.82) is 0 Å². The molecule has 4 rings (SSSR count). The van der Waals surface area contributed by atoms with Gasteiger partial charge in [0.2, 0.25) is 9.84 Å². The zero-order chi connectivity index (χ0) is 26.3. The first-order valence-corrected chi connectivity index (χ1v) is 14.8. The lowest BCUT2D eigenvalue weighted by molar-refractivity contribution is 0.0742. The van der Waals surface area contributed by atoms with E-state index >= 15 is 0 Å². The molecule has 2 aliphatic rings. The summed E-state index contributed by atoms with van der Waals surface area (Å²) in [5, 5.41) is -0.657. The highest BCUT2D eigenvalue weighted by molar-refractivity contribution is 7.92. The lowest BCUT2D eigenvalue weighted by Gasteiger charge is -2.36. The van der Waals surface area contributed by atoms with Crippen LogP contribution in [-0.4, -0.2) is 71.1 Å². The minimum Gasteiger partial charge on any atom is -0.366 e. The van der Waals surface area contributed by atoms with E-state index in [1.54, 1.807) is 19.9 Å². The summed E-state index contributed by atoms with van der Waals surface area (Å²) in [6.45, 7) is 4.00. The van der Waals surface area contributed by atoms with Crippen LogP contribution in [0.3, 0.4) is 0 Å². The van der Waals surface area contributed by atoms with Gasteiger partial charge in [-0.2, -0.15) is 0 Å². The van der Waals surface area contributed by atoms with Crippen molar-refractivity contribution in [2.75, 3.05) is 37.0 Å². The lowest BCUT2D eigenvalue weighted by Crippen LogP contribution is -2.49. The SMILES string of the molecule is CC(C)OCS(=O)(=O)c1ccccc1C(=O)N1CCN(c2cc(F)c(S(=O)(=O)C3CC3)cc2F)CC1. The van der Waals surface area contributed by atoms with Crippen LogP contribution >= 0.6 is 0 Å². The Morgan fingerprint density at radius 2 is 1.61 bits per heavy atom. The van der Waals surface area contributed by atoms with Crippen LogP contribution in [0.5, 0.6) is 0 Å². The summed E-state index contributed by atoms with van der Waals surface area (Å²) < 4.78 is 85.0. The summed E-state index contributed by atoms with van der Waals surface area (Å²) in [5.41, 5.74) is -0.0617. The van der Waals surface area contributed by atoms with Gasteiger partial charge in [-0.3, -0.25) is 4.79 Å². The fourth-order valence-corrected chi connectivity index (χ4v) is 7.13. The maximum Gasteiger partial charge on any atom is 0.255 e. The van der Waals surface area contributed by atoms with E-state index in [2.05, 4.69) is 0 Å². The third-order valence-electron chi connectivity index (χ3n) is 6.19. The molecular formula is C24H28F2N2O6S2. The standard InChI is InChI=1S/C24H28F2N2O6S2/c1-16(2)34-15-35(30,31)22-6-4-3-5-18(22)24(29)28-11-9-27(10-12-28)21-13-20(26)23(14-19(21)25)36(32,33)17-7-8-17/h3-6,13-14,16-17H,7-12,15H2,1-2H3. The van der Waals surface area contributed by atoms with E-state index in [1.807, 2.05) is 0 Å². The van der Waals surface area contributed by atoms with E-state index in [-0.39, 0.29) is 48.4 Å². The number of amides is 1. The van der Waals surface area contributed by atoms with Crippen LogP contribution in [0.1, 0.15) is 37.0 Å². The minimum atomic E-state index is -3.89. The molecule has 1 amide bonds. The molecule has 0 spiro atoms. The van der Waals surface area contributed by atoms with Crippen LogP contribution in [0, 0.1) is 11.6 Å². The molecule has 0 atom stereocenters. The second kappa shape index (κ2) is 10.1. The molecule has 1 saturated heterocycles. The number of anilines is 1. The molecule has 2 fully saturated rings. The number of carbonyl (C=O) groups is 1. The summed E-state index contributed by atoms with van der Waals surface area (Å²) in [6, 6.07) is 7.51. The number of hydrogen-bond acceptors (Lipinski definition) is 7. The third kappa shape index (κ3) is 5.40. The first-order valence-electron chi connectivity index (χ1n) is 11.6. The lowest BCUT2D eigenvalue weighted by atomic mass is 10.1. The molecule has 0 unspecified atom stereocenters. The van der Waals surface area contributed by atoms with E-state index in [0.717, 1.165) is 12.1 Å². The van der Waals surface area contributed by atoms with Crippen molar-refractivity contribution >= 4 is 31.3 Å². The van der Waals surface area contributed by atoms with Crippen molar-refractivity contribution in [1.82, 2.24) is 4.90 Å². The van der Waals surface area contributed by atoms with Gasteiger partial charge in [-0.05, 0) is 44.9 Å². The number of benzene rings is 2. The number of hydrogen-bond donors (Lipinski definition) is 0. The monoisotopic (exact) mass is 542 g/mol. The van der Waals surface area contributed by atoms with Crippen LogP contribution in [0.25, 0.3) is 0 Å². The van der Waals surface area contributed by atoms with E-state index in [4.69, 9.17) is 4.74 Å². The first kappa shape index (κ1) is 26.5. The van der Waals surface area contributed by atoms with Crippen molar-refractivity contribution in [2.24, 2.45) is 0 Å². The number of halogens is 2. The summed E-state index contributed by atoms with van der Waals surface area (Å²) in [5.74, 6) is -2.90. The average molecular weight is 543 g/mol. The highest BCUT2D eigenvalue weighted by atomic mass is 32.2. The molecular weight excluding hydrogens is 514 g/mol. The average Bonchev–Trinajstić information content (AvgIpc) is 3.70. The molecule has 1 heterocycles. The molecule has 36 heavy (non-hydrogen) atoms. The number of rotatable bonds is 8. The summed E-state index contributed by atoms with van der Waals surface area (Å²) in [6.07, 6.45) is 0.580. The van der Waals surface area contributed by atoms with Gasteiger partial charge < -0.3 is 14.5 Å². The van der Waals surface area contributed by atoms with Gasteiger partial charge in [-0.15, -0.1) is 0 Å². The molecule has 1 aliphatic carbocycles. The number of ether oxygens (including phenoxy) is 1. The molecule has 8 nitrogen and oxygen atoms in total. The van der Waals surface area contributed by atoms with Crippen LogP contribution in [-0.2, 0) is 24.4 Å². The predicted molar refractivity (Wildman–Crippen MR) is 129 cm³/mol. The van der Waals surface area contributed by atoms with E-state index in [0.29, 0.717) is 12.8 Å². The van der Waals surface area contributed by atoms with Crippen molar-refractivity contribution < 1.29 is 35.1 Å². The third-order valence-corrected chi connectivity index (χ3v) is 9.94. The Hall–Kier alpha value is -2.57. The Labute approximate surface area is 209 Å². The Morgan fingerprint density at radius 1 is 0.972 bits per heavy atom. The number of piperazine rings is 1. The molecule has 2 aromatic rings. The Morgan fingerprint density at radius 3 is 2.22 bits per heavy atom. The van der Waals surface area contributed by atoms with Gasteiger partial charge in [-0.1, -0.05) is 12.1 Å². The largest absolute Gasteiger partial charge is 0.366 e. The van der Waals surface area contributed by atoms with Crippen molar-refractivity contribution in [3.63, 3.8) is 0 Å². The second-order valence-corrected chi connectivity index (χ2v) is 13.3. The Balaban J connectivity index is 1.49. The van der Waals surface area contributed by atoms with Gasteiger partial charge in [0.1, 0.15) is 16.5 Å². The van der Waals surface area contributed by atoms with E-state index < -0.39 is 53.3 Å². The topological polar surface area (TPSA) is 101 Å². The zero-order valence-corrected chi connectivity index (χ0v) is 21.6. The highest BCUT2D eigenvalue weighted by Gasteiger charge is 2.39. The first-order chi connectivity index (χ1) is 16.9. The Kier molecular flexibility index (Phi) is 7.40. The van der Waals surface area contributed by atoms with Crippen molar-refractivity contribution in [3.05, 3.63) is 53.6 Å². The Bertz CT molecular complexity index is 1370. The predicted octanol–water partition coefficient (Wildman–Crippen LogP) is 3.02. The van der Waals surface area contributed by atoms with E-state index in [1.165, 1.54) is 28.0 Å². The quantitative estimate of drug-likeness (QED) is 0.506. The summed E-state index contributed by atoms with van der Waals surface area (Å²) in [4.78, 5) is 15.4. The number of nitrogens with zero attached hydrogens (tertiary/aromatic N) is 2. The highest BCUT2D eigenvalue weighted by Crippen LogP contribution is 2.36. The second-order valence-electron chi connectivity index (χ2n) is 9.20. The summed E-state index contributed by atoms with van der Waals surface area (Å²) in [7, 11) is -7.76. The van der Waals surface area contributed by atoms with Gasteiger partial charge >= 0.3 is 0 Å². The maximum absolute atomic E-state index is 14.8. The molecule has 196 valence electrons. The zero-order valence-electron chi connectivity index (χ0n) is 20.0. The van der Waals surface area contributed by atoms with E-state index in [9.17, 15) is 30.4 Å². The molecule has 0 N–H and O–H groups in total. The smallest absolute Gasteiger partial charge is 0.255 e. The van der Waals surface area contributed by atoms with Crippen LogP contribution in [0.4, 0.5) is 14.5 Å². The van der Waals surface area contributed by atoms with Crippen LogP contribution < -0.4 is 4.90 Å². The number of sulfone groups is 2. The fourth-order valence-electron chi connectivity index (χ4n) is 4.06.